The van der Waals surface area contributed by atoms with E-state index in [2.05, 4.69) is 26.5 Å². The number of carbonyl (C=O) groups is 2. The number of imide groups is 1. The van der Waals surface area contributed by atoms with E-state index in [1.807, 2.05) is 12.1 Å². The standard InChI is InChI=1S/C30H34ClFN6O4/c31-22-5-1-4-21-19(22)6-9-30(21)13-23-20(15-42-30)24(37-10-3-8-29(16-37)25(39)35-26(40)36-29)34-27(33-23)41-17-28-7-2-11-38(28)14-18(32)12-28/h1,4-5,18H,2-3,6-17H2,(H2,35,36,39,40)/t18-,28?,29?,30?/m1/s1. The van der Waals surface area contributed by atoms with Gasteiger partial charge in [0.15, 0.2) is 0 Å². The number of nitrogens with zero attached hydrogens (tertiary/aromatic N) is 4. The van der Waals surface area contributed by atoms with Gasteiger partial charge < -0.3 is 19.7 Å². The van der Waals surface area contributed by atoms with Crippen LogP contribution in [0.1, 0.15) is 60.9 Å². The molecule has 1 aromatic heterocycles. The van der Waals surface area contributed by atoms with Crippen molar-refractivity contribution in [1.82, 2.24) is 25.5 Å². The predicted molar refractivity (Wildman–Crippen MR) is 151 cm³/mol. The van der Waals surface area contributed by atoms with E-state index < -0.39 is 23.3 Å². The van der Waals surface area contributed by atoms with Gasteiger partial charge in [0.1, 0.15) is 24.1 Å². The van der Waals surface area contributed by atoms with Crippen molar-refractivity contribution in [2.24, 2.45) is 0 Å². The zero-order chi connectivity index (χ0) is 28.7. The molecular weight excluding hydrogens is 563 g/mol. The van der Waals surface area contributed by atoms with Gasteiger partial charge >= 0.3 is 12.0 Å². The van der Waals surface area contributed by atoms with Gasteiger partial charge in [0.2, 0.25) is 0 Å². The van der Waals surface area contributed by atoms with Crippen LogP contribution in [0, 0.1) is 0 Å². The maximum atomic E-state index is 14.4. The lowest BCUT2D eigenvalue weighted by Gasteiger charge is -2.41. The van der Waals surface area contributed by atoms with Gasteiger partial charge in [0.25, 0.3) is 5.91 Å². The molecule has 4 saturated heterocycles. The van der Waals surface area contributed by atoms with Crippen molar-refractivity contribution in [2.45, 2.75) is 80.8 Å². The van der Waals surface area contributed by atoms with Crippen LogP contribution in [0.2, 0.25) is 5.02 Å². The smallest absolute Gasteiger partial charge is 0.322 e. The number of aromatic nitrogens is 2. The number of hydrogen-bond acceptors (Lipinski definition) is 8. The third-order valence-corrected chi connectivity index (χ3v) is 10.8. The van der Waals surface area contributed by atoms with Crippen LogP contribution >= 0.6 is 11.6 Å². The molecule has 3 unspecified atom stereocenters. The highest BCUT2D eigenvalue weighted by atomic mass is 35.5. The second kappa shape index (κ2) is 9.49. The van der Waals surface area contributed by atoms with Gasteiger partial charge in [-0.1, -0.05) is 23.7 Å². The second-order valence-electron chi connectivity index (χ2n) is 12.9. The Bertz CT molecular complexity index is 1490. The van der Waals surface area contributed by atoms with E-state index in [0.717, 1.165) is 59.6 Å². The Morgan fingerprint density at radius 3 is 2.88 bits per heavy atom. The monoisotopic (exact) mass is 596 g/mol. The highest BCUT2D eigenvalue weighted by molar-refractivity contribution is 6.31. The molecule has 8 rings (SSSR count). The fraction of sp³-hybridized carbons (Fsp3) is 0.600. The maximum Gasteiger partial charge on any atom is 0.322 e. The molecule has 4 atom stereocenters. The van der Waals surface area contributed by atoms with Crippen LogP contribution in [0.15, 0.2) is 18.2 Å². The molecule has 12 heteroatoms. The zero-order valence-electron chi connectivity index (χ0n) is 23.4. The van der Waals surface area contributed by atoms with Crippen molar-refractivity contribution in [3.63, 3.8) is 0 Å². The number of urea groups is 1. The van der Waals surface area contributed by atoms with Crippen LogP contribution in [0.5, 0.6) is 6.01 Å². The Morgan fingerprint density at radius 1 is 1.14 bits per heavy atom. The number of piperidine rings is 1. The highest BCUT2D eigenvalue weighted by Crippen LogP contribution is 2.49. The van der Waals surface area contributed by atoms with Crippen LogP contribution in [-0.4, -0.2) is 76.8 Å². The van der Waals surface area contributed by atoms with Gasteiger partial charge in [-0.2, -0.15) is 9.97 Å². The minimum Gasteiger partial charge on any atom is -0.461 e. The summed E-state index contributed by atoms with van der Waals surface area (Å²) in [6.07, 6.45) is 4.96. The Hall–Kier alpha value is -3.02. The van der Waals surface area contributed by atoms with E-state index in [4.69, 9.17) is 31.0 Å². The summed E-state index contributed by atoms with van der Waals surface area (Å²) in [7, 11) is 0. The molecule has 4 fully saturated rings. The van der Waals surface area contributed by atoms with Crippen molar-refractivity contribution in [2.75, 3.05) is 37.7 Å². The van der Waals surface area contributed by atoms with Crippen LogP contribution in [-0.2, 0) is 34.6 Å². The highest BCUT2D eigenvalue weighted by Gasteiger charge is 2.51. The lowest BCUT2D eigenvalue weighted by atomic mass is 9.86. The Kier molecular flexibility index (Phi) is 6.01. The average molecular weight is 597 g/mol. The molecule has 1 aliphatic carbocycles. The minimum atomic E-state index is -1.00. The van der Waals surface area contributed by atoms with Crippen molar-refractivity contribution in [3.05, 3.63) is 45.6 Å². The Labute approximate surface area is 248 Å². The lowest BCUT2D eigenvalue weighted by Crippen LogP contribution is -2.59. The summed E-state index contributed by atoms with van der Waals surface area (Å²) < 4.78 is 27.5. The van der Waals surface area contributed by atoms with E-state index in [0.29, 0.717) is 57.8 Å². The fourth-order valence-electron chi connectivity index (χ4n) is 8.38. The third-order valence-electron chi connectivity index (χ3n) is 10.4. The molecule has 3 amide bonds. The molecule has 0 bridgehead atoms. The maximum absolute atomic E-state index is 14.4. The zero-order valence-corrected chi connectivity index (χ0v) is 24.1. The van der Waals surface area contributed by atoms with E-state index in [1.54, 1.807) is 0 Å². The normalized spacial score (nSPS) is 33.6. The van der Waals surface area contributed by atoms with E-state index in [-0.39, 0.29) is 24.0 Å². The number of anilines is 1. The number of amides is 3. The summed E-state index contributed by atoms with van der Waals surface area (Å²) in [6, 6.07) is 5.77. The van der Waals surface area contributed by atoms with Gasteiger partial charge in [-0.15, -0.1) is 0 Å². The predicted octanol–water partition coefficient (Wildman–Crippen LogP) is 3.18. The SMILES string of the molecule is O=C1NC(=O)C2(CCCN(c3nc(OCC45CCCN4C[C@H](F)C5)nc4c3COC3(CCc5c(Cl)cccc53)C4)C2)N1. The molecule has 2 aromatic rings. The van der Waals surface area contributed by atoms with Gasteiger partial charge in [-0.3, -0.25) is 15.0 Å². The molecular formula is C30H34ClFN6O4. The summed E-state index contributed by atoms with van der Waals surface area (Å²) in [4.78, 5) is 39.1. The van der Waals surface area contributed by atoms with Crippen molar-refractivity contribution in [1.29, 1.82) is 0 Å². The first-order chi connectivity index (χ1) is 20.3. The molecule has 0 saturated carbocycles. The fourth-order valence-corrected chi connectivity index (χ4v) is 8.65. The first kappa shape index (κ1) is 26.6. The summed E-state index contributed by atoms with van der Waals surface area (Å²) in [5.74, 6) is 0.353. The number of rotatable bonds is 4. The quantitative estimate of drug-likeness (QED) is 0.518. The van der Waals surface area contributed by atoms with Crippen molar-refractivity contribution >= 4 is 29.4 Å². The van der Waals surface area contributed by atoms with Crippen molar-refractivity contribution in [3.8, 4) is 6.01 Å². The molecule has 222 valence electrons. The Morgan fingerprint density at radius 2 is 2.02 bits per heavy atom. The topological polar surface area (TPSA) is 109 Å². The molecule has 1 aromatic carbocycles. The van der Waals surface area contributed by atoms with Crippen LogP contribution in [0.4, 0.5) is 15.0 Å². The molecule has 6 aliphatic rings. The summed E-state index contributed by atoms with van der Waals surface area (Å²) in [5.41, 5.74) is 2.08. The number of carbonyl (C=O) groups excluding carboxylic acids is 2. The van der Waals surface area contributed by atoms with Gasteiger partial charge in [0, 0.05) is 36.5 Å². The molecule has 0 radical (unpaired) electrons. The second-order valence-corrected chi connectivity index (χ2v) is 13.3. The molecule has 42 heavy (non-hydrogen) atoms. The van der Waals surface area contributed by atoms with Gasteiger partial charge in [-0.25, -0.2) is 9.18 Å². The number of benzene rings is 1. The Balaban J connectivity index is 1.16. The number of fused-ring (bicyclic) bond motifs is 4. The number of nitrogens with one attached hydrogen (secondary N) is 2. The minimum absolute atomic E-state index is 0.258. The molecule has 5 aliphatic heterocycles. The summed E-state index contributed by atoms with van der Waals surface area (Å²) in [5, 5.41) is 6.02. The summed E-state index contributed by atoms with van der Waals surface area (Å²) >= 11 is 6.56. The molecule has 6 heterocycles. The van der Waals surface area contributed by atoms with Gasteiger partial charge in [-0.05, 0) is 62.3 Å². The van der Waals surface area contributed by atoms with E-state index in [9.17, 15) is 14.0 Å². The molecule has 2 N–H and O–H groups in total. The molecule has 10 nitrogen and oxygen atoms in total. The van der Waals surface area contributed by atoms with Gasteiger partial charge in [0.05, 0.1) is 30.0 Å². The number of halogens is 2. The van der Waals surface area contributed by atoms with E-state index >= 15 is 0 Å². The number of ether oxygens (including phenoxy) is 2. The first-order valence-corrected chi connectivity index (χ1v) is 15.4. The lowest BCUT2D eigenvalue weighted by molar-refractivity contribution is -0.124. The number of hydrogen-bond donors (Lipinski definition) is 2. The first-order valence-electron chi connectivity index (χ1n) is 15.0. The largest absolute Gasteiger partial charge is 0.461 e. The van der Waals surface area contributed by atoms with E-state index in [1.165, 1.54) is 0 Å². The molecule has 2 spiro atoms. The van der Waals surface area contributed by atoms with Crippen LogP contribution in [0.25, 0.3) is 0 Å². The third kappa shape index (κ3) is 4.03. The van der Waals surface area contributed by atoms with Crippen molar-refractivity contribution < 1.29 is 23.5 Å². The average Bonchev–Trinajstić information content (AvgIpc) is 3.68. The summed E-state index contributed by atoms with van der Waals surface area (Å²) in [6.45, 7) is 2.92. The number of alkyl halides is 1. The van der Waals surface area contributed by atoms with Crippen LogP contribution < -0.4 is 20.3 Å². The van der Waals surface area contributed by atoms with Crippen LogP contribution in [0.3, 0.4) is 0 Å².